The summed E-state index contributed by atoms with van der Waals surface area (Å²) in [5, 5.41) is 0. The van der Waals surface area contributed by atoms with Crippen LogP contribution in [0.3, 0.4) is 0 Å². The van der Waals surface area contributed by atoms with E-state index in [1.807, 2.05) is 26.8 Å². The molecule has 3 nitrogen and oxygen atoms in total. The van der Waals surface area contributed by atoms with E-state index in [-0.39, 0.29) is 5.97 Å². The maximum absolute atomic E-state index is 12.7. The lowest BCUT2D eigenvalue weighted by Gasteiger charge is -2.32. The third kappa shape index (κ3) is 5.74. The predicted molar refractivity (Wildman–Crippen MR) is 107 cm³/mol. The second-order valence-corrected chi connectivity index (χ2v) is 14.8. The average molecular weight is 360 g/mol. The molecule has 2 rings (SSSR count). The van der Waals surface area contributed by atoms with Crippen molar-refractivity contribution in [2.45, 2.75) is 78.0 Å². The van der Waals surface area contributed by atoms with Crippen molar-refractivity contribution in [1.82, 2.24) is 4.90 Å². The van der Waals surface area contributed by atoms with Gasteiger partial charge in [0.25, 0.3) is 0 Å². The van der Waals surface area contributed by atoms with Crippen LogP contribution < -0.4 is 0 Å². The lowest BCUT2D eigenvalue weighted by molar-refractivity contribution is -0.150. The Balaban J connectivity index is 2.26. The number of rotatable bonds is 5. The molecule has 138 valence electrons. The van der Waals surface area contributed by atoms with Crippen molar-refractivity contribution in [3.63, 3.8) is 0 Å². The standard InChI is InChI=1S/C21H33NO2Si/c1-16-19(20(23)24-21(2,3)4)13-18(15-25(5,6)7)22(16)14-17-11-9-8-10-12-17/h8-12,18H,13-15H2,1-7H3. The highest BCUT2D eigenvalue weighted by atomic mass is 28.3. The van der Waals surface area contributed by atoms with E-state index in [2.05, 4.69) is 55.7 Å². The minimum atomic E-state index is -1.24. The molecule has 1 atom stereocenters. The van der Waals surface area contributed by atoms with Gasteiger partial charge in [-0.1, -0.05) is 50.0 Å². The quantitative estimate of drug-likeness (QED) is 0.533. The van der Waals surface area contributed by atoms with Gasteiger partial charge < -0.3 is 9.64 Å². The van der Waals surface area contributed by atoms with Crippen LogP contribution in [0.1, 0.15) is 39.7 Å². The van der Waals surface area contributed by atoms with E-state index in [1.54, 1.807) is 0 Å². The fourth-order valence-electron chi connectivity index (χ4n) is 3.43. The molecule has 0 bridgehead atoms. The van der Waals surface area contributed by atoms with Crippen LogP contribution in [0.15, 0.2) is 41.6 Å². The Labute approximate surface area is 154 Å². The van der Waals surface area contributed by atoms with Gasteiger partial charge in [0.15, 0.2) is 0 Å². The van der Waals surface area contributed by atoms with Crippen LogP contribution in [-0.2, 0) is 16.1 Å². The van der Waals surface area contributed by atoms with Crippen LogP contribution >= 0.6 is 0 Å². The molecule has 0 spiro atoms. The molecule has 0 aromatic heterocycles. The number of esters is 1. The molecule has 0 saturated heterocycles. The molecule has 1 aromatic rings. The largest absolute Gasteiger partial charge is 0.457 e. The van der Waals surface area contributed by atoms with Crippen LogP contribution in [0.2, 0.25) is 25.7 Å². The Bertz CT molecular complexity index is 638. The first-order valence-corrected chi connectivity index (χ1v) is 12.9. The van der Waals surface area contributed by atoms with Crippen molar-refractivity contribution in [3.8, 4) is 0 Å². The van der Waals surface area contributed by atoms with Gasteiger partial charge >= 0.3 is 5.97 Å². The van der Waals surface area contributed by atoms with E-state index in [4.69, 9.17) is 4.74 Å². The van der Waals surface area contributed by atoms with Crippen molar-refractivity contribution in [2.75, 3.05) is 0 Å². The van der Waals surface area contributed by atoms with Crippen LogP contribution in [0, 0.1) is 0 Å². The van der Waals surface area contributed by atoms with Gasteiger partial charge in [-0.15, -0.1) is 0 Å². The van der Waals surface area contributed by atoms with E-state index < -0.39 is 13.7 Å². The van der Waals surface area contributed by atoms with Crippen LogP contribution in [0.25, 0.3) is 0 Å². The molecule has 0 saturated carbocycles. The first-order valence-electron chi connectivity index (χ1n) is 9.20. The number of hydrogen-bond acceptors (Lipinski definition) is 3. The number of carbonyl (C=O) groups is 1. The monoisotopic (exact) mass is 359 g/mol. The molecule has 0 N–H and O–H groups in total. The number of hydrogen-bond donors (Lipinski definition) is 0. The molecule has 1 unspecified atom stereocenters. The van der Waals surface area contributed by atoms with Crippen molar-refractivity contribution in [3.05, 3.63) is 47.2 Å². The molecule has 1 aliphatic heterocycles. The molecule has 0 radical (unpaired) electrons. The molecule has 0 fully saturated rings. The molecule has 1 aromatic carbocycles. The molecular formula is C21H33NO2Si. The number of carbonyl (C=O) groups excluding carboxylic acids is 1. The number of nitrogens with zero attached hydrogens (tertiary/aromatic N) is 1. The Hall–Kier alpha value is -1.55. The maximum atomic E-state index is 12.7. The van der Waals surface area contributed by atoms with Crippen molar-refractivity contribution in [2.24, 2.45) is 0 Å². The molecule has 0 amide bonds. The minimum absolute atomic E-state index is 0.152. The highest BCUT2D eigenvalue weighted by Crippen LogP contribution is 2.35. The number of benzene rings is 1. The van der Waals surface area contributed by atoms with Crippen molar-refractivity contribution in [1.29, 1.82) is 0 Å². The van der Waals surface area contributed by atoms with Gasteiger partial charge in [-0.3, -0.25) is 0 Å². The number of allylic oxidation sites excluding steroid dienone is 1. The van der Waals surface area contributed by atoms with Gasteiger partial charge in [-0.2, -0.15) is 0 Å². The summed E-state index contributed by atoms with van der Waals surface area (Å²) in [5.41, 5.74) is 2.77. The summed E-state index contributed by atoms with van der Waals surface area (Å²) in [5.74, 6) is -0.152. The topological polar surface area (TPSA) is 29.5 Å². The summed E-state index contributed by atoms with van der Waals surface area (Å²) in [6, 6.07) is 12.1. The zero-order chi connectivity index (χ0) is 18.8. The molecule has 0 aliphatic carbocycles. The summed E-state index contributed by atoms with van der Waals surface area (Å²) in [6.07, 6.45) is 0.803. The highest BCUT2D eigenvalue weighted by Gasteiger charge is 2.36. The average Bonchev–Trinajstić information content (AvgIpc) is 2.74. The lowest BCUT2D eigenvalue weighted by atomic mass is 10.1. The van der Waals surface area contributed by atoms with E-state index in [0.29, 0.717) is 6.04 Å². The summed E-state index contributed by atoms with van der Waals surface area (Å²) < 4.78 is 5.66. The summed E-state index contributed by atoms with van der Waals surface area (Å²) in [6.45, 7) is 15.9. The summed E-state index contributed by atoms with van der Waals surface area (Å²) >= 11 is 0. The molecular weight excluding hydrogens is 326 g/mol. The zero-order valence-electron chi connectivity index (χ0n) is 16.8. The smallest absolute Gasteiger partial charge is 0.336 e. The maximum Gasteiger partial charge on any atom is 0.336 e. The SMILES string of the molecule is CC1=C(C(=O)OC(C)(C)C)CC(C[Si](C)(C)C)N1Cc1ccccc1. The van der Waals surface area contributed by atoms with Gasteiger partial charge in [0, 0.05) is 32.8 Å². The fourth-order valence-corrected chi connectivity index (χ4v) is 5.21. The van der Waals surface area contributed by atoms with Gasteiger partial charge in [-0.05, 0) is 39.3 Å². The Morgan fingerprint density at radius 3 is 2.32 bits per heavy atom. The molecule has 25 heavy (non-hydrogen) atoms. The normalized spacial score (nSPS) is 18.7. The molecule has 1 aliphatic rings. The highest BCUT2D eigenvalue weighted by molar-refractivity contribution is 6.76. The van der Waals surface area contributed by atoms with Gasteiger partial charge in [0.2, 0.25) is 0 Å². The summed E-state index contributed by atoms with van der Waals surface area (Å²) in [7, 11) is -1.24. The minimum Gasteiger partial charge on any atom is -0.457 e. The van der Waals surface area contributed by atoms with E-state index >= 15 is 0 Å². The lowest BCUT2D eigenvalue weighted by Crippen LogP contribution is -2.36. The van der Waals surface area contributed by atoms with Gasteiger partial charge in [-0.25, -0.2) is 4.79 Å². The Morgan fingerprint density at radius 1 is 1.20 bits per heavy atom. The van der Waals surface area contributed by atoms with Crippen LogP contribution in [0.5, 0.6) is 0 Å². The van der Waals surface area contributed by atoms with E-state index in [0.717, 1.165) is 24.2 Å². The fraction of sp³-hybridized carbons (Fsp3) is 0.571. The number of ether oxygens (including phenoxy) is 1. The van der Waals surface area contributed by atoms with Crippen LogP contribution in [-0.4, -0.2) is 30.6 Å². The summed E-state index contributed by atoms with van der Waals surface area (Å²) in [4.78, 5) is 15.1. The molecule has 1 heterocycles. The van der Waals surface area contributed by atoms with Crippen molar-refractivity contribution < 1.29 is 9.53 Å². The van der Waals surface area contributed by atoms with Gasteiger partial charge in [0.05, 0.1) is 5.57 Å². The molecule has 4 heteroatoms. The second-order valence-electron chi connectivity index (χ2n) is 9.30. The van der Waals surface area contributed by atoms with E-state index in [9.17, 15) is 4.79 Å². The zero-order valence-corrected chi connectivity index (χ0v) is 17.8. The van der Waals surface area contributed by atoms with Crippen molar-refractivity contribution >= 4 is 14.0 Å². The second kappa shape index (κ2) is 7.36. The Kier molecular flexibility index (Phi) is 5.82. The first-order chi connectivity index (χ1) is 11.5. The third-order valence-electron chi connectivity index (χ3n) is 4.44. The Morgan fingerprint density at radius 2 is 1.80 bits per heavy atom. The van der Waals surface area contributed by atoms with Crippen LogP contribution in [0.4, 0.5) is 0 Å². The third-order valence-corrected chi connectivity index (χ3v) is 6.13. The predicted octanol–water partition coefficient (Wildman–Crippen LogP) is 5.21. The first kappa shape index (κ1) is 19.8. The van der Waals surface area contributed by atoms with E-state index in [1.165, 1.54) is 11.6 Å². The van der Waals surface area contributed by atoms with Gasteiger partial charge in [0.1, 0.15) is 5.60 Å².